The molecule has 0 aliphatic rings. The normalized spacial score (nSPS) is 13.2. The zero-order chi connectivity index (χ0) is 20.9. The average molecular weight is 384 g/mol. The largest absolute Gasteiger partial charge is 0.377 e. The van der Waals surface area contributed by atoms with Gasteiger partial charge >= 0.3 is 0 Å². The molecule has 0 saturated heterocycles. The minimum absolute atomic E-state index is 0.0599. The third kappa shape index (κ3) is 5.07. The second-order valence-electron chi connectivity index (χ2n) is 8.11. The zero-order valence-corrected chi connectivity index (χ0v) is 18.2. The lowest BCUT2D eigenvalue weighted by Crippen LogP contribution is -2.26. The summed E-state index contributed by atoms with van der Waals surface area (Å²) in [6.45, 7) is 11.8. The first-order chi connectivity index (χ1) is 13.2. The van der Waals surface area contributed by atoms with Gasteiger partial charge in [-0.2, -0.15) is 0 Å². The van der Waals surface area contributed by atoms with Crippen molar-refractivity contribution < 1.29 is 4.79 Å². The molecule has 2 aromatic rings. The van der Waals surface area contributed by atoms with E-state index in [1.54, 1.807) is 12.4 Å². The van der Waals surface area contributed by atoms with E-state index in [2.05, 4.69) is 53.2 Å². The number of aromatic amines is 1. The number of hydrogen-bond donors (Lipinski definition) is 2. The molecule has 6 nitrogen and oxygen atoms in total. The number of Topliss-reactive ketones (excluding diaryl/α,β-unsaturated/α-hetero) is 1. The summed E-state index contributed by atoms with van der Waals surface area (Å²) < 4.78 is 0. The van der Waals surface area contributed by atoms with Crippen molar-refractivity contribution in [1.82, 2.24) is 25.2 Å². The minimum atomic E-state index is -0.471. The van der Waals surface area contributed by atoms with Crippen LogP contribution in [0.15, 0.2) is 30.2 Å². The number of fused-ring (bicyclic) bond motifs is 1. The fourth-order valence-corrected chi connectivity index (χ4v) is 2.86. The average Bonchev–Trinajstić information content (AvgIpc) is 3.07. The second kappa shape index (κ2) is 9.15. The Morgan fingerprint density at radius 1 is 1.36 bits per heavy atom. The summed E-state index contributed by atoms with van der Waals surface area (Å²) in [6.07, 6.45) is 8.65. The topological polar surface area (TPSA) is 73.9 Å². The van der Waals surface area contributed by atoms with Crippen molar-refractivity contribution in [3.05, 3.63) is 41.5 Å². The molecule has 2 heterocycles. The number of nitrogens with zero attached hydrogens (tertiary/aromatic N) is 3. The summed E-state index contributed by atoms with van der Waals surface area (Å²) in [5, 5.41) is 3.17. The maximum atomic E-state index is 12.8. The lowest BCUT2D eigenvalue weighted by Gasteiger charge is -2.20. The van der Waals surface area contributed by atoms with Gasteiger partial charge in [-0.25, -0.2) is 9.97 Å². The van der Waals surface area contributed by atoms with Crippen LogP contribution in [0.1, 0.15) is 57.1 Å². The van der Waals surface area contributed by atoms with Crippen molar-refractivity contribution in [3.63, 3.8) is 0 Å². The molecule has 152 valence electrons. The predicted octanol–water partition coefficient (Wildman–Crippen LogP) is 4.04. The molecular weight excluding hydrogens is 350 g/mol. The predicted molar refractivity (Wildman–Crippen MR) is 116 cm³/mol. The molecule has 2 aromatic heterocycles. The Morgan fingerprint density at radius 3 is 2.68 bits per heavy atom. The number of H-pyrrole nitrogens is 1. The van der Waals surface area contributed by atoms with E-state index in [4.69, 9.17) is 4.98 Å². The zero-order valence-electron chi connectivity index (χ0n) is 18.2. The Kier molecular flexibility index (Phi) is 7.13. The van der Waals surface area contributed by atoms with Crippen LogP contribution in [0.2, 0.25) is 0 Å². The minimum Gasteiger partial charge on any atom is -0.377 e. The Labute approximate surface area is 168 Å². The van der Waals surface area contributed by atoms with Crippen LogP contribution in [0, 0.1) is 5.41 Å². The fraction of sp³-hybridized carbons (Fsp3) is 0.500. The molecule has 6 heteroatoms. The van der Waals surface area contributed by atoms with Gasteiger partial charge in [0.2, 0.25) is 0 Å². The van der Waals surface area contributed by atoms with E-state index in [9.17, 15) is 4.79 Å². The third-order valence-corrected chi connectivity index (χ3v) is 4.69. The van der Waals surface area contributed by atoms with Gasteiger partial charge in [0.05, 0.1) is 17.5 Å². The first-order valence-electron chi connectivity index (χ1n) is 9.82. The van der Waals surface area contributed by atoms with Crippen molar-refractivity contribution in [1.29, 1.82) is 0 Å². The highest BCUT2D eigenvalue weighted by Crippen LogP contribution is 2.26. The lowest BCUT2D eigenvalue weighted by atomic mass is 9.87. The van der Waals surface area contributed by atoms with Gasteiger partial charge in [0.25, 0.3) is 0 Å². The van der Waals surface area contributed by atoms with Crippen molar-refractivity contribution in [2.24, 2.45) is 5.41 Å². The molecule has 0 fully saturated rings. The van der Waals surface area contributed by atoms with Crippen molar-refractivity contribution in [2.45, 2.75) is 41.0 Å². The lowest BCUT2D eigenvalue weighted by molar-refractivity contribution is 0.0860. The highest BCUT2D eigenvalue weighted by atomic mass is 16.1. The Bertz CT molecular complexity index is 886. The van der Waals surface area contributed by atoms with Crippen molar-refractivity contribution in [2.75, 3.05) is 27.2 Å². The summed E-state index contributed by atoms with van der Waals surface area (Å²) in [6, 6.07) is 0. The first kappa shape index (κ1) is 21.8. The van der Waals surface area contributed by atoms with Crippen LogP contribution in [0.5, 0.6) is 0 Å². The summed E-state index contributed by atoms with van der Waals surface area (Å²) in [5.41, 5.74) is 4.34. The molecule has 0 radical (unpaired) electrons. The van der Waals surface area contributed by atoms with Crippen molar-refractivity contribution in [3.8, 4) is 0 Å². The van der Waals surface area contributed by atoms with Gasteiger partial charge in [-0.3, -0.25) is 4.79 Å². The number of allylic oxidation sites excluding steroid dienone is 4. The van der Waals surface area contributed by atoms with Gasteiger partial charge in [0.1, 0.15) is 5.52 Å². The van der Waals surface area contributed by atoms with Crippen LogP contribution < -0.4 is 5.32 Å². The summed E-state index contributed by atoms with van der Waals surface area (Å²) in [4.78, 5) is 27.4. The molecule has 0 aromatic carbocycles. The Balaban J connectivity index is 2.45. The molecule has 0 atom stereocenters. The maximum absolute atomic E-state index is 12.8. The monoisotopic (exact) mass is 383 g/mol. The van der Waals surface area contributed by atoms with Crippen LogP contribution in [0.25, 0.3) is 16.7 Å². The van der Waals surface area contributed by atoms with Crippen molar-refractivity contribution >= 4 is 22.5 Å². The van der Waals surface area contributed by atoms with Crippen LogP contribution >= 0.6 is 0 Å². The van der Waals surface area contributed by atoms with Crippen LogP contribution in [0.4, 0.5) is 0 Å². The van der Waals surface area contributed by atoms with Gasteiger partial charge in [-0.15, -0.1) is 0 Å². The van der Waals surface area contributed by atoms with E-state index in [0.29, 0.717) is 16.7 Å². The number of nitrogens with one attached hydrogen (secondary N) is 2. The van der Waals surface area contributed by atoms with E-state index in [1.807, 2.05) is 27.8 Å². The van der Waals surface area contributed by atoms with Crippen LogP contribution in [-0.2, 0) is 0 Å². The highest BCUT2D eigenvalue weighted by molar-refractivity contribution is 6.08. The van der Waals surface area contributed by atoms with E-state index in [0.717, 1.165) is 36.5 Å². The van der Waals surface area contributed by atoms with Gasteiger partial charge in [-0.1, -0.05) is 33.8 Å². The number of likely N-dealkylation sites (N-methyl/N-ethyl adjacent to an activating group) is 2. The van der Waals surface area contributed by atoms with Gasteiger partial charge in [-0.05, 0) is 32.0 Å². The summed E-state index contributed by atoms with van der Waals surface area (Å²) in [5.74, 6) is 0.0599. The van der Waals surface area contributed by atoms with Gasteiger partial charge in [0, 0.05) is 37.4 Å². The van der Waals surface area contributed by atoms with E-state index >= 15 is 0 Å². The molecule has 2 N–H and O–H groups in total. The molecule has 28 heavy (non-hydrogen) atoms. The number of carbonyl (C=O) groups excluding carboxylic acids is 1. The maximum Gasteiger partial charge on any atom is 0.171 e. The Morgan fingerprint density at radius 2 is 2.07 bits per heavy atom. The van der Waals surface area contributed by atoms with E-state index in [-0.39, 0.29) is 5.78 Å². The number of hydrogen-bond acceptors (Lipinski definition) is 5. The molecule has 0 amide bonds. The standard InChI is InChI=1S/C22H33N5O/c1-8-9-16(12-15(2)27(7)11-10-23-6)18-14-25-21-19(26-18)17(13-24-21)20(28)22(3,4)5/h9,12-14,23H,8,10-11H2,1-7H3,(H,24,25)/b15-12+,16-9+. The number of carbonyl (C=O) groups is 1. The number of ketones is 1. The van der Waals surface area contributed by atoms with Crippen LogP contribution in [-0.4, -0.2) is 52.8 Å². The highest BCUT2D eigenvalue weighted by Gasteiger charge is 2.26. The molecule has 0 bridgehead atoms. The van der Waals surface area contributed by atoms with E-state index < -0.39 is 5.41 Å². The quantitative estimate of drug-likeness (QED) is 0.532. The molecular formula is C22H33N5O. The smallest absolute Gasteiger partial charge is 0.171 e. The molecule has 2 rings (SSSR count). The first-order valence-corrected chi connectivity index (χ1v) is 9.82. The molecule has 0 saturated carbocycles. The Hall–Kier alpha value is -2.47. The van der Waals surface area contributed by atoms with E-state index in [1.165, 1.54) is 0 Å². The fourth-order valence-electron chi connectivity index (χ4n) is 2.86. The van der Waals surface area contributed by atoms with Gasteiger partial charge < -0.3 is 15.2 Å². The number of aromatic nitrogens is 3. The summed E-state index contributed by atoms with van der Waals surface area (Å²) >= 11 is 0. The molecule has 0 aliphatic carbocycles. The number of rotatable bonds is 8. The second-order valence-corrected chi connectivity index (χ2v) is 8.11. The summed E-state index contributed by atoms with van der Waals surface area (Å²) in [7, 11) is 4.03. The molecule has 0 spiro atoms. The van der Waals surface area contributed by atoms with Gasteiger partial charge in [0.15, 0.2) is 11.4 Å². The van der Waals surface area contributed by atoms with Crippen LogP contribution in [0.3, 0.4) is 0 Å². The SMILES string of the molecule is CC/C=C(\C=C(/C)N(C)CCNC)c1cnc2[nH]cc(C(=O)C(C)(C)C)c2n1. The molecule has 0 unspecified atom stereocenters. The molecule has 0 aliphatic heterocycles. The third-order valence-electron chi connectivity index (χ3n) is 4.69.